The maximum absolute atomic E-state index is 13.6. The fourth-order valence-corrected chi connectivity index (χ4v) is 1.55. The molecule has 0 aliphatic carbocycles. The molecule has 2 N–H and O–H groups in total. The van der Waals surface area contributed by atoms with Crippen LogP contribution >= 0.6 is 12.2 Å². The first-order valence-corrected chi connectivity index (χ1v) is 5.73. The Bertz CT molecular complexity index is 398. The summed E-state index contributed by atoms with van der Waals surface area (Å²) in [7, 11) is 3.42. The van der Waals surface area contributed by atoms with Gasteiger partial charge in [0.15, 0.2) is 0 Å². The van der Waals surface area contributed by atoms with E-state index in [9.17, 15) is 4.39 Å². The third-order valence-corrected chi connectivity index (χ3v) is 2.64. The Morgan fingerprint density at radius 1 is 1.53 bits per heavy atom. The molecule has 94 valence electrons. The molecule has 0 heterocycles. The second-order valence-electron chi connectivity index (χ2n) is 3.91. The maximum Gasteiger partial charge on any atom is 0.131 e. The number of hydrogen-bond donors (Lipinski definition) is 1. The minimum atomic E-state index is -0.258. The summed E-state index contributed by atoms with van der Waals surface area (Å²) in [5.74, 6) is 0.267. The van der Waals surface area contributed by atoms with E-state index in [0.29, 0.717) is 29.3 Å². The highest BCUT2D eigenvalue weighted by atomic mass is 32.1. The number of rotatable bonds is 6. The van der Waals surface area contributed by atoms with Gasteiger partial charge in [-0.25, -0.2) is 4.39 Å². The van der Waals surface area contributed by atoms with E-state index < -0.39 is 0 Å². The van der Waals surface area contributed by atoms with Crippen LogP contribution in [0.4, 0.5) is 4.39 Å². The molecule has 0 fully saturated rings. The lowest BCUT2D eigenvalue weighted by Gasteiger charge is -2.16. The molecule has 1 rings (SSSR count). The molecule has 0 aromatic heterocycles. The molecule has 0 radical (unpaired) electrons. The molecular weight excluding hydrogens is 239 g/mol. The van der Waals surface area contributed by atoms with Gasteiger partial charge in [0.1, 0.15) is 11.6 Å². The minimum Gasteiger partial charge on any atom is -0.497 e. The monoisotopic (exact) mass is 256 g/mol. The van der Waals surface area contributed by atoms with Gasteiger partial charge in [-0.2, -0.15) is 0 Å². The second-order valence-corrected chi connectivity index (χ2v) is 4.44. The van der Waals surface area contributed by atoms with Gasteiger partial charge in [0.25, 0.3) is 0 Å². The summed E-state index contributed by atoms with van der Waals surface area (Å²) in [4.78, 5) is 2.45. The lowest BCUT2D eigenvalue weighted by atomic mass is 10.2. The van der Waals surface area contributed by atoms with Crippen molar-refractivity contribution in [3.63, 3.8) is 0 Å². The minimum absolute atomic E-state index is 0.258. The van der Waals surface area contributed by atoms with Gasteiger partial charge in [-0.3, -0.25) is 0 Å². The zero-order valence-corrected chi connectivity index (χ0v) is 10.9. The summed E-state index contributed by atoms with van der Waals surface area (Å²) >= 11 is 4.80. The molecule has 0 saturated carbocycles. The Balaban J connectivity index is 2.59. The topological polar surface area (TPSA) is 38.5 Å². The smallest absolute Gasteiger partial charge is 0.131 e. The fourth-order valence-electron chi connectivity index (χ4n) is 1.45. The summed E-state index contributed by atoms with van der Waals surface area (Å²) in [5, 5.41) is 0. The second kappa shape index (κ2) is 6.51. The standard InChI is InChI=1S/C12H17FN2OS/c1-15(6-5-12(14)17)8-9-3-4-10(16-2)7-11(9)13/h3-4,7H,5-6,8H2,1-2H3,(H2,14,17). The van der Waals surface area contributed by atoms with Crippen molar-refractivity contribution >= 4 is 17.2 Å². The first-order chi connectivity index (χ1) is 8.02. The Hall–Kier alpha value is -1.20. The zero-order chi connectivity index (χ0) is 12.8. The van der Waals surface area contributed by atoms with Crippen LogP contribution in [0.5, 0.6) is 5.75 Å². The number of ether oxygens (including phenoxy) is 1. The van der Waals surface area contributed by atoms with E-state index in [2.05, 4.69) is 0 Å². The lowest BCUT2D eigenvalue weighted by Crippen LogP contribution is -2.23. The van der Waals surface area contributed by atoms with Crippen molar-refractivity contribution in [3.8, 4) is 5.75 Å². The van der Waals surface area contributed by atoms with E-state index in [1.54, 1.807) is 12.1 Å². The van der Waals surface area contributed by atoms with E-state index in [-0.39, 0.29) is 5.82 Å². The van der Waals surface area contributed by atoms with Crippen molar-refractivity contribution in [1.82, 2.24) is 4.90 Å². The molecule has 0 bridgehead atoms. The van der Waals surface area contributed by atoms with Gasteiger partial charge in [0, 0.05) is 31.1 Å². The van der Waals surface area contributed by atoms with Crippen molar-refractivity contribution in [2.45, 2.75) is 13.0 Å². The third-order valence-electron chi connectivity index (χ3n) is 2.44. The average Bonchev–Trinajstić information content (AvgIpc) is 2.29. The highest BCUT2D eigenvalue weighted by Crippen LogP contribution is 2.17. The van der Waals surface area contributed by atoms with Crippen molar-refractivity contribution in [2.24, 2.45) is 5.73 Å². The van der Waals surface area contributed by atoms with E-state index in [1.807, 2.05) is 11.9 Å². The Morgan fingerprint density at radius 2 is 2.24 bits per heavy atom. The predicted octanol–water partition coefficient (Wildman–Crippen LogP) is 1.94. The molecule has 0 unspecified atom stereocenters. The van der Waals surface area contributed by atoms with Crippen LogP contribution in [0.2, 0.25) is 0 Å². The molecule has 3 nitrogen and oxygen atoms in total. The average molecular weight is 256 g/mol. The first-order valence-electron chi connectivity index (χ1n) is 5.32. The number of benzene rings is 1. The van der Waals surface area contributed by atoms with Crippen LogP contribution in [-0.4, -0.2) is 30.6 Å². The summed E-state index contributed by atoms with van der Waals surface area (Å²) in [6.45, 7) is 1.25. The van der Waals surface area contributed by atoms with Crippen LogP contribution in [0.3, 0.4) is 0 Å². The highest BCUT2D eigenvalue weighted by Gasteiger charge is 2.07. The Kier molecular flexibility index (Phi) is 5.31. The summed E-state index contributed by atoms with van der Waals surface area (Å²) in [5.41, 5.74) is 6.05. The number of thiocarbonyl (C=S) groups is 1. The van der Waals surface area contributed by atoms with Gasteiger partial charge in [-0.1, -0.05) is 18.3 Å². The maximum atomic E-state index is 13.6. The third kappa shape index (κ3) is 4.66. The molecule has 1 aromatic rings. The van der Waals surface area contributed by atoms with Crippen LogP contribution in [0.25, 0.3) is 0 Å². The Labute approximate surface area is 106 Å². The number of nitrogens with two attached hydrogens (primary N) is 1. The van der Waals surface area contributed by atoms with Crippen LogP contribution < -0.4 is 10.5 Å². The largest absolute Gasteiger partial charge is 0.497 e. The summed E-state index contributed by atoms with van der Waals surface area (Å²) < 4.78 is 18.6. The molecule has 17 heavy (non-hydrogen) atoms. The van der Waals surface area contributed by atoms with Crippen molar-refractivity contribution in [1.29, 1.82) is 0 Å². The van der Waals surface area contributed by atoms with Gasteiger partial charge >= 0.3 is 0 Å². The summed E-state index contributed by atoms with van der Waals surface area (Å²) in [6.07, 6.45) is 0.642. The highest BCUT2D eigenvalue weighted by molar-refractivity contribution is 7.80. The van der Waals surface area contributed by atoms with E-state index in [1.165, 1.54) is 13.2 Å². The van der Waals surface area contributed by atoms with Crippen LogP contribution in [-0.2, 0) is 6.54 Å². The molecule has 1 aromatic carbocycles. The van der Waals surface area contributed by atoms with E-state index in [4.69, 9.17) is 22.7 Å². The zero-order valence-electron chi connectivity index (χ0n) is 10.1. The molecule has 0 atom stereocenters. The lowest BCUT2D eigenvalue weighted by molar-refractivity contribution is 0.330. The molecule has 0 amide bonds. The van der Waals surface area contributed by atoms with Crippen molar-refractivity contribution in [2.75, 3.05) is 20.7 Å². The first kappa shape index (κ1) is 13.9. The number of hydrogen-bond acceptors (Lipinski definition) is 3. The SMILES string of the molecule is COc1ccc(CN(C)CCC(N)=S)c(F)c1. The van der Waals surface area contributed by atoms with Crippen molar-refractivity contribution < 1.29 is 9.13 Å². The molecule has 0 spiro atoms. The van der Waals surface area contributed by atoms with Crippen LogP contribution in [0.15, 0.2) is 18.2 Å². The van der Waals surface area contributed by atoms with Gasteiger partial charge in [0.2, 0.25) is 0 Å². The van der Waals surface area contributed by atoms with E-state index in [0.717, 1.165) is 6.54 Å². The summed E-state index contributed by atoms with van der Waals surface area (Å²) in [6, 6.07) is 4.86. The molecule has 0 aliphatic rings. The molecule has 5 heteroatoms. The molecule has 0 saturated heterocycles. The predicted molar refractivity (Wildman–Crippen MR) is 70.7 cm³/mol. The molecular formula is C12H17FN2OS. The van der Waals surface area contributed by atoms with Crippen LogP contribution in [0, 0.1) is 5.82 Å². The normalized spacial score (nSPS) is 10.6. The van der Waals surface area contributed by atoms with Gasteiger partial charge in [0.05, 0.1) is 12.1 Å². The number of halogens is 1. The molecule has 0 aliphatic heterocycles. The van der Waals surface area contributed by atoms with E-state index >= 15 is 0 Å². The Morgan fingerprint density at radius 3 is 2.76 bits per heavy atom. The van der Waals surface area contributed by atoms with Crippen molar-refractivity contribution in [3.05, 3.63) is 29.6 Å². The quantitative estimate of drug-likeness (QED) is 0.790. The number of methoxy groups -OCH3 is 1. The van der Waals surface area contributed by atoms with Gasteiger partial charge in [-0.15, -0.1) is 0 Å². The fraction of sp³-hybridized carbons (Fsp3) is 0.417. The number of nitrogens with zero attached hydrogens (tertiary/aromatic N) is 1. The van der Waals surface area contributed by atoms with Gasteiger partial charge < -0.3 is 15.4 Å². The van der Waals surface area contributed by atoms with Crippen LogP contribution in [0.1, 0.15) is 12.0 Å². The van der Waals surface area contributed by atoms with Gasteiger partial charge in [-0.05, 0) is 13.1 Å².